The third-order valence-electron chi connectivity index (χ3n) is 2.63. The molecule has 14 heteroatoms. The van der Waals surface area contributed by atoms with Gasteiger partial charge >= 0.3 is 37.2 Å². The SMILES string of the molecule is O=[N+]([O-])c1ccc(OP(=O)(O)CNS(=O)(=O)c2ccsc2)c(F)c1.[NaH]. The molecule has 2 N–H and O–H groups in total. The molecule has 1 aromatic heterocycles. The van der Waals surface area contributed by atoms with E-state index in [0.717, 1.165) is 23.5 Å². The molecule has 0 aliphatic rings. The van der Waals surface area contributed by atoms with Crippen LogP contribution in [0.4, 0.5) is 10.1 Å². The second-order valence-corrected chi connectivity index (χ2v) is 8.69. The van der Waals surface area contributed by atoms with Crippen LogP contribution < -0.4 is 9.25 Å². The van der Waals surface area contributed by atoms with Crippen molar-refractivity contribution in [2.45, 2.75) is 4.90 Å². The van der Waals surface area contributed by atoms with Crippen molar-refractivity contribution in [1.82, 2.24) is 4.72 Å². The van der Waals surface area contributed by atoms with Crippen LogP contribution in [0.5, 0.6) is 5.75 Å². The van der Waals surface area contributed by atoms with Gasteiger partial charge in [0.05, 0.1) is 15.9 Å². The van der Waals surface area contributed by atoms with Crippen LogP contribution in [0.25, 0.3) is 0 Å². The first-order valence-electron chi connectivity index (χ1n) is 6.08. The average Bonchev–Trinajstić information content (AvgIpc) is 3.02. The van der Waals surface area contributed by atoms with Gasteiger partial charge in [-0.25, -0.2) is 17.4 Å². The monoisotopic (exact) mass is 420 g/mol. The molecule has 0 spiro atoms. The van der Waals surface area contributed by atoms with Crippen LogP contribution in [0.15, 0.2) is 39.9 Å². The molecular formula is C11H11FN2NaO7PS2. The van der Waals surface area contributed by atoms with Gasteiger partial charge in [0, 0.05) is 11.4 Å². The minimum absolute atomic E-state index is 0. The summed E-state index contributed by atoms with van der Waals surface area (Å²) in [5, 5.41) is 13.3. The Labute approximate surface area is 167 Å². The molecule has 1 unspecified atom stereocenters. The summed E-state index contributed by atoms with van der Waals surface area (Å²) in [6, 6.07) is 3.51. The van der Waals surface area contributed by atoms with Crippen molar-refractivity contribution in [1.29, 1.82) is 0 Å². The Kier molecular flexibility index (Phi) is 7.71. The van der Waals surface area contributed by atoms with Gasteiger partial charge in [-0.05, 0) is 17.5 Å². The standard InChI is InChI=1S/C11H10FN2O7PS2.Na.H/c12-10-5-8(14(15)16)1-2-11(10)21-22(17,18)7-13-24(19,20)9-3-4-23-6-9;;/h1-6,13H,7H2,(H,17,18);;. The van der Waals surface area contributed by atoms with Gasteiger partial charge < -0.3 is 9.42 Å². The van der Waals surface area contributed by atoms with Gasteiger partial charge in [0.1, 0.15) is 6.29 Å². The topological polar surface area (TPSA) is 136 Å². The van der Waals surface area contributed by atoms with Crippen molar-refractivity contribution >= 4 is 64.2 Å². The van der Waals surface area contributed by atoms with Crippen LogP contribution in [0.1, 0.15) is 0 Å². The number of hydrogen-bond donors (Lipinski definition) is 2. The number of benzene rings is 1. The zero-order valence-electron chi connectivity index (χ0n) is 11.7. The second kappa shape index (κ2) is 8.69. The van der Waals surface area contributed by atoms with Crippen LogP contribution in [0, 0.1) is 15.9 Å². The van der Waals surface area contributed by atoms with Crippen molar-refractivity contribution in [3.63, 3.8) is 0 Å². The Hall–Kier alpha value is -0.850. The first kappa shape index (κ1) is 22.2. The van der Waals surface area contributed by atoms with Crippen molar-refractivity contribution in [2.75, 3.05) is 6.29 Å². The van der Waals surface area contributed by atoms with Crippen LogP contribution >= 0.6 is 18.9 Å². The van der Waals surface area contributed by atoms with Gasteiger partial charge in [0.25, 0.3) is 5.69 Å². The Morgan fingerprint density at radius 2 is 2.08 bits per heavy atom. The summed E-state index contributed by atoms with van der Waals surface area (Å²) < 4.78 is 55.6. The summed E-state index contributed by atoms with van der Waals surface area (Å²) >= 11 is 1.12. The third kappa shape index (κ3) is 6.12. The summed E-state index contributed by atoms with van der Waals surface area (Å²) in [6.45, 7) is 0. The van der Waals surface area contributed by atoms with E-state index >= 15 is 0 Å². The van der Waals surface area contributed by atoms with Crippen LogP contribution in [-0.4, -0.2) is 54.1 Å². The van der Waals surface area contributed by atoms with Crippen LogP contribution in [-0.2, 0) is 14.6 Å². The maximum absolute atomic E-state index is 13.6. The molecule has 2 rings (SSSR count). The van der Waals surface area contributed by atoms with Crippen molar-refractivity contribution in [3.05, 3.63) is 51.0 Å². The summed E-state index contributed by atoms with van der Waals surface area (Å²) in [7, 11) is -8.58. The van der Waals surface area contributed by atoms with E-state index in [-0.39, 0.29) is 34.5 Å². The molecule has 0 amide bonds. The van der Waals surface area contributed by atoms with Gasteiger partial charge in [-0.3, -0.25) is 10.1 Å². The molecule has 0 fully saturated rings. The third-order valence-corrected chi connectivity index (χ3v) is 6.11. The summed E-state index contributed by atoms with van der Waals surface area (Å²) in [6.07, 6.45) is -0.998. The molecule has 0 saturated heterocycles. The van der Waals surface area contributed by atoms with E-state index in [1.807, 2.05) is 4.72 Å². The molecule has 0 radical (unpaired) electrons. The van der Waals surface area contributed by atoms with E-state index in [9.17, 15) is 32.4 Å². The Bertz CT molecular complexity index is 907. The quantitative estimate of drug-likeness (QED) is 0.301. The van der Waals surface area contributed by atoms with E-state index in [1.54, 1.807) is 0 Å². The van der Waals surface area contributed by atoms with Crippen LogP contribution in [0.2, 0.25) is 0 Å². The van der Waals surface area contributed by atoms with Crippen LogP contribution in [0.3, 0.4) is 0 Å². The zero-order chi connectivity index (χ0) is 18.0. The number of hydrogen-bond acceptors (Lipinski definition) is 7. The number of non-ortho nitro benzene ring substituents is 1. The summed E-state index contributed by atoms with van der Waals surface area (Å²) in [4.78, 5) is 19.2. The number of nitro benzene ring substituents is 1. The zero-order valence-corrected chi connectivity index (χ0v) is 14.2. The molecule has 132 valence electrons. The van der Waals surface area contributed by atoms with E-state index in [2.05, 4.69) is 4.52 Å². The fourth-order valence-electron chi connectivity index (χ4n) is 1.52. The normalized spacial score (nSPS) is 13.5. The molecular weight excluding hydrogens is 409 g/mol. The first-order chi connectivity index (χ1) is 11.1. The fraction of sp³-hybridized carbons (Fsp3) is 0.0909. The Morgan fingerprint density at radius 3 is 2.60 bits per heavy atom. The molecule has 0 bridgehead atoms. The number of nitro groups is 1. The van der Waals surface area contributed by atoms with E-state index in [4.69, 9.17) is 0 Å². The van der Waals surface area contributed by atoms with Gasteiger partial charge in [0.2, 0.25) is 10.0 Å². The molecule has 1 atom stereocenters. The molecule has 1 heterocycles. The number of thiophene rings is 1. The number of nitrogens with one attached hydrogen (secondary N) is 1. The van der Waals surface area contributed by atoms with E-state index in [0.29, 0.717) is 6.07 Å². The van der Waals surface area contributed by atoms with Gasteiger partial charge in [0.15, 0.2) is 11.6 Å². The van der Waals surface area contributed by atoms with Gasteiger partial charge in [-0.2, -0.15) is 16.1 Å². The van der Waals surface area contributed by atoms with Crippen molar-refractivity contribution in [2.24, 2.45) is 0 Å². The number of sulfonamides is 1. The molecule has 9 nitrogen and oxygen atoms in total. The fourth-order valence-corrected chi connectivity index (χ4v) is 5.06. The molecule has 0 saturated carbocycles. The van der Waals surface area contributed by atoms with Gasteiger partial charge in [-0.15, -0.1) is 0 Å². The van der Waals surface area contributed by atoms with E-state index < -0.39 is 46.1 Å². The second-order valence-electron chi connectivity index (χ2n) is 4.37. The van der Waals surface area contributed by atoms with Crippen molar-refractivity contribution < 1.29 is 31.7 Å². The Morgan fingerprint density at radius 1 is 1.40 bits per heavy atom. The van der Waals surface area contributed by atoms with Crippen molar-refractivity contribution in [3.8, 4) is 5.75 Å². The minimum atomic E-state index is -4.58. The maximum atomic E-state index is 13.6. The molecule has 25 heavy (non-hydrogen) atoms. The molecule has 0 aliphatic carbocycles. The summed E-state index contributed by atoms with van der Waals surface area (Å²) in [5.74, 6) is -1.93. The van der Waals surface area contributed by atoms with E-state index in [1.165, 1.54) is 16.8 Å². The first-order valence-corrected chi connectivity index (χ1v) is 10.3. The Balaban J connectivity index is 0.00000312. The number of nitrogens with zero attached hydrogens (tertiary/aromatic N) is 1. The predicted octanol–water partition coefficient (Wildman–Crippen LogP) is 1.65. The number of rotatable bonds is 7. The predicted molar refractivity (Wildman–Crippen MR) is 90.2 cm³/mol. The number of halogens is 1. The summed E-state index contributed by atoms with van der Waals surface area (Å²) in [5.41, 5.74) is -0.564. The molecule has 0 aliphatic heterocycles. The average molecular weight is 420 g/mol. The molecule has 2 aromatic rings. The van der Waals surface area contributed by atoms with Gasteiger partial charge in [-0.1, -0.05) is 0 Å². The molecule has 1 aromatic carbocycles.